The summed E-state index contributed by atoms with van der Waals surface area (Å²) < 4.78 is 15.8. The fourth-order valence-electron chi connectivity index (χ4n) is 3.41. The topological polar surface area (TPSA) is 51.2 Å². The highest BCUT2D eigenvalue weighted by Crippen LogP contribution is 2.24. The second kappa shape index (κ2) is 11.2. The van der Waals surface area contributed by atoms with E-state index >= 15 is 0 Å². The molecule has 0 saturated carbocycles. The normalized spacial score (nSPS) is 18.7. The molecule has 1 aromatic carbocycles. The van der Waals surface area contributed by atoms with Gasteiger partial charge in [0.15, 0.2) is 0 Å². The Balaban J connectivity index is 1.97. The van der Waals surface area contributed by atoms with E-state index in [9.17, 15) is 4.79 Å². The van der Waals surface area contributed by atoms with Crippen molar-refractivity contribution >= 4 is 6.09 Å². The van der Waals surface area contributed by atoms with Gasteiger partial charge in [-0.25, -0.2) is 14.8 Å². The lowest BCUT2D eigenvalue weighted by molar-refractivity contribution is -0.0728. The standard InChI is InChI=1S/C20H32N2O4/c1-17(11-12-18-8-5-4-6-9-18)22(20(23)25-3)21-13-7-10-19(21)16-26-15-14-24-2/h4-6,8-9,17,19H,7,10-16H2,1-3H3/t17-,19+/m1/s1. The molecular formula is C20H32N2O4. The van der Waals surface area contributed by atoms with Crippen molar-refractivity contribution in [3.8, 4) is 0 Å². The monoisotopic (exact) mass is 364 g/mol. The molecular weight excluding hydrogens is 332 g/mol. The Labute approximate surface area is 157 Å². The van der Waals surface area contributed by atoms with Crippen LogP contribution in [0.4, 0.5) is 4.79 Å². The maximum Gasteiger partial charge on any atom is 0.424 e. The first kappa shape index (κ1) is 20.7. The summed E-state index contributed by atoms with van der Waals surface area (Å²) in [4.78, 5) is 12.5. The zero-order valence-corrected chi connectivity index (χ0v) is 16.2. The summed E-state index contributed by atoms with van der Waals surface area (Å²) in [5.41, 5.74) is 1.28. The van der Waals surface area contributed by atoms with Crippen molar-refractivity contribution in [3.05, 3.63) is 35.9 Å². The molecule has 1 aliphatic rings. The lowest BCUT2D eigenvalue weighted by Gasteiger charge is -2.39. The Kier molecular flexibility index (Phi) is 8.88. The average Bonchev–Trinajstić information content (AvgIpc) is 3.12. The van der Waals surface area contributed by atoms with Gasteiger partial charge in [-0.05, 0) is 38.2 Å². The van der Waals surface area contributed by atoms with Crippen molar-refractivity contribution in [2.24, 2.45) is 0 Å². The number of aryl methyl sites for hydroxylation is 1. The molecule has 1 fully saturated rings. The first-order valence-electron chi connectivity index (χ1n) is 9.41. The SMILES string of the molecule is COCCOC[C@@H]1CCCN1N(C(=O)OC)[C@H](C)CCc1ccccc1. The van der Waals surface area contributed by atoms with E-state index in [1.807, 2.05) is 18.2 Å². The summed E-state index contributed by atoms with van der Waals surface area (Å²) in [7, 11) is 3.11. The van der Waals surface area contributed by atoms with Crippen molar-refractivity contribution in [2.75, 3.05) is 40.6 Å². The van der Waals surface area contributed by atoms with Crippen LogP contribution in [0.2, 0.25) is 0 Å². The van der Waals surface area contributed by atoms with Crippen molar-refractivity contribution in [1.29, 1.82) is 0 Å². The highest BCUT2D eigenvalue weighted by atomic mass is 16.5. The minimum atomic E-state index is -0.297. The van der Waals surface area contributed by atoms with Gasteiger partial charge in [-0.2, -0.15) is 0 Å². The molecule has 1 aromatic rings. The van der Waals surface area contributed by atoms with Gasteiger partial charge >= 0.3 is 6.09 Å². The molecule has 0 spiro atoms. The fourth-order valence-corrected chi connectivity index (χ4v) is 3.41. The summed E-state index contributed by atoms with van der Waals surface area (Å²) in [6, 6.07) is 10.6. The summed E-state index contributed by atoms with van der Waals surface area (Å²) in [5, 5.41) is 3.93. The van der Waals surface area contributed by atoms with Gasteiger partial charge in [0.05, 0.1) is 33.0 Å². The first-order chi connectivity index (χ1) is 12.7. The second-order valence-electron chi connectivity index (χ2n) is 6.71. The predicted octanol–water partition coefficient (Wildman–Crippen LogP) is 3.12. The van der Waals surface area contributed by atoms with E-state index in [4.69, 9.17) is 14.2 Å². The second-order valence-corrected chi connectivity index (χ2v) is 6.71. The minimum Gasteiger partial charge on any atom is -0.452 e. The third-order valence-electron chi connectivity index (χ3n) is 4.84. The highest BCUT2D eigenvalue weighted by molar-refractivity contribution is 5.67. The molecule has 0 radical (unpaired) electrons. The van der Waals surface area contributed by atoms with Crippen molar-refractivity contribution < 1.29 is 19.0 Å². The minimum absolute atomic E-state index is 0.0576. The molecule has 6 nitrogen and oxygen atoms in total. The predicted molar refractivity (Wildman–Crippen MR) is 101 cm³/mol. The zero-order chi connectivity index (χ0) is 18.8. The average molecular weight is 364 g/mol. The molecule has 146 valence electrons. The Bertz CT molecular complexity index is 526. The van der Waals surface area contributed by atoms with Crippen LogP contribution >= 0.6 is 0 Å². The molecule has 0 bridgehead atoms. The molecule has 0 unspecified atom stereocenters. The number of hydrogen-bond acceptors (Lipinski definition) is 5. The van der Waals surface area contributed by atoms with Crippen molar-refractivity contribution in [1.82, 2.24) is 10.0 Å². The quantitative estimate of drug-likeness (QED) is 0.597. The van der Waals surface area contributed by atoms with Gasteiger partial charge in [-0.15, -0.1) is 0 Å². The van der Waals surface area contributed by atoms with E-state index in [0.717, 1.165) is 32.2 Å². The number of methoxy groups -OCH3 is 2. The Morgan fingerprint density at radius 2 is 2.04 bits per heavy atom. The first-order valence-corrected chi connectivity index (χ1v) is 9.41. The molecule has 2 rings (SSSR count). The van der Waals surface area contributed by atoms with E-state index in [-0.39, 0.29) is 18.2 Å². The molecule has 2 atom stereocenters. The molecule has 26 heavy (non-hydrogen) atoms. The zero-order valence-electron chi connectivity index (χ0n) is 16.2. The number of nitrogens with zero attached hydrogens (tertiary/aromatic N) is 2. The molecule has 0 aliphatic carbocycles. The molecule has 6 heteroatoms. The van der Waals surface area contributed by atoms with Crippen LogP contribution in [-0.4, -0.2) is 68.8 Å². The van der Waals surface area contributed by atoms with Gasteiger partial charge in [-0.3, -0.25) is 0 Å². The molecule has 1 heterocycles. The van der Waals surface area contributed by atoms with Gasteiger partial charge in [0.1, 0.15) is 0 Å². The van der Waals surface area contributed by atoms with Crippen LogP contribution in [0.25, 0.3) is 0 Å². The number of carbonyl (C=O) groups excluding carboxylic acids is 1. The Hall–Kier alpha value is -1.63. The summed E-state index contributed by atoms with van der Waals surface area (Å²) >= 11 is 0. The summed E-state index contributed by atoms with van der Waals surface area (Å²) in [5.74, 6) is 0. The van der Waals surface area contributed by atoms with Crippen LogP contribution in [0.1, 0.15) is 31.7 Å². The van der Waals surface area contributed by atoms with E-state index < -0.39 is 0 Å². The molecule has 1 saturated heterocycles. The van der Waals surface area contributed by atoms with Gasteiger partial charge in [0.2, 0.25) is 0 Å². The number of ether oxygens (including phenoxy) is 3. The van der Waals surface area contributed by atoms with Crippen LogP contribution in [0.5, 0.6) is 0 Å². The smallest absolute Gasteiger partial charge is 0.424 e. The van der Waals surface area contributed by atoms with Crippen LogP contribution < -0.4 is 0 Å². The number of carbonyl (C=O) groups is 1. The molecule has 1 aliphatic heterocycles. The third kappa shape index (κ3) is 5.97. The summed E-state index contributed by atoms with van der Waals surface area (Å²) in [6.45, 7) is 4.69. The van der Waals surface area contributed by atoms with E-state index in [2.05, 4.69) is 24.1 Å². The number of amides is 1. The van der Waals surface area contributed by atoms with E-state index in [0.29, 0.717) is 19.8 Å². The Morgan fingerprint density at radius 1 is 1.27 bits per heavy atom. The van der Waals surface area contributed by atoms with Gasteiger partial charge in [0, 0.05) is 19.7 Å². The van der Waals surface area contributed by atoms with Crippen molar-refractivity contribution in [3.63, 3.8) is 0 Å². The molecule has 0 N–H and O–H groups in total. The number of benzene rings is 1. The lowest BCUT2D eigenvalue weighted by atomic mass is 10.1. The van der Waals surface area contributed by atoms with Crippen LogP contribution in [0.3, 0.4) is 0 Å². The lowest BCUT2D eigenvalue weighted by Crippen LogP contribution is -2.54. The van der Waals surface area contributed by atoms with Crippen LogP contribution in [0, 0.1) is 0 Å². The van der Waals surface area contributed by atoms with Crippen molar-refractivity contribution in [2.45, 2.75) is 44.7 Å². The van der Waals surface area contributed by atoms with E-state index in [1.54, 1.807) is 12.1 Å². The highest BCUT2D eigenvalue weighted by Gasteiger charge is 2.35. The molecule has 0 aromatic heterocycles. The maximum atomic E-state index is 12.5. The number of hydrogen-bond donors (Lipinski definition) is 0. The van der Waals surface area contributed by atoms with Gasteiger partial charge < -0.3 is 14.2 Å². The summed E-state index contributed by atoms with van der Waals surface area (Å²) in [6.07, 6.45) is 3.59. The number of hydrazine groups is 1. The van der Waals surface area contributed by atoms with Crippen LogP contribution in [0.15, 0.2) is 30.3 Å². The fraction of sp³-hybridized carbons (Fsp3) is 0.650. The van der Waals surface area contributed by atoms with E-state index in [1.165, 1.54) is 12.7 Å². The van der Waals surface area contributed by atoms with Crippen LogP contribution in [-0.2, 0) is 20.6 Å². The largest absolute Gasteiger partial charge is 0.452 e. The molecule has 1 amide bonds. The number of rotatable bonds is 10. The van der Waals surface area contributed by atoms with Gasteiger partial charge in [-0.1, -0.05) is 30.3 Å². The third-order valence-corrected chi connectivity index (χ3v) is 4.84. The maximum absolute atomic E-state index is 12.5. The van der Waals surface area contributed by atoms with Gasteiger partial charge in [0.25, 0.3) is 0 Å². The Morgan fingerprint density at radius 3 is 2.73 bits per heavy atom.